The van der Waals surface area contributed by atoms with E-state index < -0.39 is 10.2 Å². The second kappa shape index (κ2) is 8.30. The first-order chi connectivity index (χ1) is 15.9. The molecule has 8 heteroatoms. The number of halogens is 1. The van der Waals surface area contributed by atoms with Gasteiger partial charge in [0.05, 0.1) is 5.92 Å². The van der Waals surface area contributed by atoms with E-state index in [0.717, 1.165) is 6.42 Å². The molecule has 5 heterocycles. The van der Waals surface area contributed by atoms with Gasteiger partial charge >= 0.3 is 0 Å². The predicted octanol–water partition coefficient (Wildman–Crippen LogP) is -0.567. The van der Waals surface area contributed by atoms with Crippen LogP contribution >= 0.6 is 0 Å². The van der Waals surface area contributed by atoms with Crippen molar-refractivity contribution < 1.29 is 33.4 Å². The lowest BCUT2D eigenvalue weighted by Crippen LogP contribution is -2.68. The van der Waals surface area contributed by atoms with Crippen molar-refractivity contribution in [2.45, 2.75) is 23.8 Å². The van der Waals surface area contributed by atoms with E-state index in [-0.39, 0.29) is 11.3 Å². The summed E-state index contributed by atoms with van der Waals surface area (Å²) in [5.41, 5.74) is 6.59. The topological polar surface area (TPSA) is 122 Å². The molecular formula is C25H20ClN3O4. The highest BCUT2D eigenvalue weighted by Crippen LogP contribution is 2.59. The number of hydrogen-bond acceptors (Lipinski definition) is 6. The third-order valence-electron chi connectivity index (χ3n) is 6.58. The largest absolute Gasteiger partial charge is 0.264 e. The highest BCUT2D eigenvalue weighted by molar-refractivity contribution is 5.53. The molecule has 0 amide bonds. The Kier molecular flexibility index (Phi) is 5.44. The van der Waals surface area contributed by atoms with E-state index in [1.807, 2.05) is 24.8 Å². The van der Waals surface area contributed by atoms with E-state index in [0.29, 0.717) is 6.04 Å². The monoisotopic (exact) mass is 461 g/mol. The van der Waals surface area contributed by atoms with E-state index in [2.05, 4.69) is 87.5 Å². The van der Waals surface area contributed by atoms with Crippen molar-refractivity contribution in [1.29, 1.82) is 0 Å². The van der Waals surface area contributed by atoms with Gasteiger partial charge in [-0.3, -0.25) is 9.97 Å². The highest BCUT2D eigenvalue weighted by Gasteiger charge is 2.59. The highest BCUT2D eigenvalue weighted by atomic mass is 35.7. The molecule has 2 atom stereocenters. The minimum atomic E-state index is -4.94. The molecule has 3 aliphatic rings. The molecule has 33 heavy (non-hydrogen) atoms. The Morgan fingerprint density at radius 1 is 0.758 bits per heavy atom. The standard InChI is InChI=1S/C25H20N3.ClHO4/c1-2-10-21-20(9-1)23-15-25(18-7-5-12-26-16-18,19-8-6-13-27-17-19)24(21)22-11-3-4-14-28(22)23;2-1(3,4)5/h1-14,16-17,23-24H,15H2;(H,2,3,4,5)/q+1;/p-1. The minimum Gasteiger partial charge on any atom is -0.264 e. The third kappa shape index (κ3) is 3.80. The van der Waals surface area contributed by atoms with Gasteiger partial charge in [0.2, 0.25) is 0 Å². The van der Waals surface area contributed by atoms with E-state index >= 15 is 0 Å². The molecule has 0 fully saturated rings. The summed E-state index contributed by atoms with van der Waals surface area (Å²) >= 11 is 0. The van der Waals surface area contributed by atoms with Crippen LogP contribution in [0.1, 0.15) is 46.3 Å². The molecule has 7 rings (SSSR count). The Labute approximate surface area is 193 Å². The van der Waals surface area contributed by atoms with Crippen molar-refractivity contribution in [3.63, 3.8) is 0 Å². The number of aromatic nitrogens is 3. The maximum absolute atomic E-state index is 8.49. The second-order valence-corrected chi connectivity index (χ2v) is 8.90. The maximum Gasteiger partial charge on any atom is 0.190 e. The van der Waals surface area contributed by atoms with Crippen LogP contribution in [0.15, 0.2) is 97.7 Å². The first-order valence-electron chi connectivity index (χ1n) is 10.4. The van der Waals surface area contributed by atoms with E-state index in [4.69, 9.17) is 18.6 Å². The third-order valence-corrected chi connectivity index (χ3v) is 6.58. The SMILES string of the molecule is [O-][Cl+3]([O-])([O-])[O-].c1cncc(C2(c3cccnc3)CC3c4ccccc4C2c2cccc[n+]23)c1. The summed E-state index contributed by atoms with van der Waals surface area (Å²) in [5.74, 6) is 0.225. The van der Waals surface area contributed by atoms with Gasteiger partial charge in [0.1, 0.15) is 0 Å². The fraction of sp³-hybridized carbons (Fsp3) is 0.160. The number of pyridine rings is 3. The lowest BCUT2D eigenvalue weighted by Gasteiger charge is -2.49. The number of hydrogen-bond donors (Lipinski definition) is 0. The molecule has 7 nitrogen and oxygen atoms in total. The van der Waals surface area contributed by atoms with Crippen LogP contribution in [-0.4, -0.2) is 9.97 Å². The summed E-state index contributed by atoms with van der Waals surface area (Å²) in [6, 6.07) is 24.4. The summed E-state index contributed by atoms with van der Waals surface area (Å²) in [6.07, 6.45) is 11.1. The number of benzene rings is 1. The average Bonchev–Trinajstić information content (AvgIpc) is 2.84. The van der Waals surface area contributed by atoms with Crippen LogP contribution in [0, 0.1) is 10.2 Å². The normalized spacial score (nSPS) is 19.6. The van der Waals surface area contributed by atoms with Gasteiger partial charge in [-0.1, -0.05) is 42.5 Å². The van der Waals surface area contributed by atoms with E-state index in [9.17, 15) is 0 Å². The molecule has 0 radical (unpaired) electrons. The second-order valence-electron chi connectivity index (χ2n) is 8.15. The molecule has 0 spiro atoms. The molecule has 2 aliphatic heterocycles. The van der Waals surface area contributed by atoms with E-state index in [1.165, 1.54) is 27.9 Å². The van der Waals surface area contributed by atoms with Gasteiger partial charge in [0, 0.05) is 54.3 Å². The summed E-state index contributed by atoms with van der Waals surface area (Å²) < 4.78 is 36.4. The fourth-order valence-corrected chi connectivity index (χ4v) is 5.52. The zero-order valence-electron chi connectivity index (χ0n) is 17.5. The smallest absolute Gasteiger partial charge is 0.190 e. The first kappa shape index (κ1) is 21.6. The van der Waals surface area contributed by atoms with Gasteiger partial charge in [-0.25, -0.2) is 18.6 Å². The number of rotatable bonds is 2. The molecule has 0 saturated carbocycles. The molecule has 1 aliphatic carbocycles. The summed E-state index contributed by atoms with van der Waals surface area (Å²) in [4.78, 5) is 9.00. The summed E-state index contributed by atoms with van der Waals surface area (Å²) in [6.45, 7) is 0. The quantitative estimate of drug-likeness (QED) is 0.368. The van der Waals surface area contributed by atoms with Crippen LogP contribution in [0.5, 0.6) is 0 Å². The maximum atomic E-state index is 8.49. The minimum absolute atomic E-state index is 0.178. The Hall–Kier alpha value is -3.20. The molecule has 3 aromatic heterocycles. The Morgan fingerprint density at radius 2 is 1.33 bits per heavy atom. The van der Waals surface area contributed by atoms with Crippen molar-refractivity contribution in [2.75, 3.05) is 0 Å². The summed E-state index contributed by atoms with van der Waals surface area (Å²) in [5, 5.41) is 0. The molecular weight excluding hydrogens is 442 g/mol. The molecule has 0 N–H and O–H groups in total. The molecule has 4 aromatic rings. The fourth-order valence-electron chi connectivity index (χ4n) is 5.52. The van der Waals surface area contributed by atoms with Gasteiger partial charge in [-0.05, 0) is 28.8 Å². The first-order valence-corrected chi connectivity index (χ1v) is 11.6. The lowest BCUT2D eigenvalue weighted by atomic mass is 9.54. The Morgan fingerprint density at radius 3 is 1.91 bits per heavy atom. The van der Waals surface area contributed by atoms with Crippen LogP contribution in [0.25, 0.3) is 0 Å². The lowest BCUT2D eigenvalue weighted by molar-refractivity contribution is -2.00. The summed E-state index contributed by atoms with van der Waals surface area (Å²) in [7, 11) is -4.94. The molecule has 0 saturated heterocycles. The molecule has 166 valence electrons. The van der Waals surface area contributed by atoms with Gasteiger partial charge in [-0.15, -0.1) is 10.2 Å². The Bertz CT molecular complexity index is 1170. The van der Waals surface area contributed by atoms with Crippen molar-refractivity contribution in [3.8, 4) is 0 Å². The van der Waals surface area contributed by atoms with Crippen LogP contribution in [0.4, 0.5) is 0 Å². The van der Waals surface area contributed by atoms with Crippen molar-refractivity contribution in [2.24, 2.45) is 0 Å². The van der Waals surface area contributed by atoms with Crippen molar-refractivity contribution >= 4 is 0 Å². The van der Waals surface area contributed by atoms with Gasteiger partial charge in [0.25, 0.3) is 0 Å². The zero-order valence-corrected chi connectivity index (χ0v) is 18.2. The Balaban J connectivity index is 0.000000416. The van der Waals surface area contributed by atoms with Crippen LogP contribution in [0.2, 0.25) is 0 Å². The van der Waals surface area contributed by atoms with Crippen LogP contribution < -0.4 is 23.2 Å². The number of fused-ring (bicyclic) bond motifs is 1. The van der Waals surface area contributed by atoms with Gasteiger partial charge < -0.3 is 0 Å². The van der Waals surface area contributed by atoms with Gasteiger partial charge in [0.15, 0.2) is 17.9 Å². The van der Waals surface area contributed by atoms with Crippen LogP contribution in [-0.2, 0) is 5.41 Å². The van der Waals surface area contributed by atoms with E-state index in [1.54, 1.807) is 0 Å². The van der Waals surface area contributed by atoms with Crippen molar-refractivity contribution in [3.05, 3.63) is 126 Å². The molecule has 2 unspecified atom stereocenters. The van der Waals surface area contributed by atoms with Crippen molar-refractivity contribution in [1.82, 2.24) is 9.97 Å². The average molecular weight is 462 g/mol. The molecule has 2 bridgehead atoms. The number of nitrogens with zero attached hydrogens (tertiary/aromatic N) is 3. The zero-order chi connectivity index (χ0) is 23.1. The van der Waals surface area contributed by atoms with Gasteiger partial charge in [-0.2, -0.15) is 4.57 Å². The predicted molar refractivity (Wildman–Crippen MR) is 107 cm³/mol. The van der Waals surface area contributed by atoms with Crippen LogP contribution in [0.3, 0.4) is 0 Å². The molecule has 1 aromatic carbocycles.